The Balaban J connectivity index is 2.16. The van der Waals surface area contributed by atoms with Crippen molar-refractivity contribution in [1.82, 2.24) is 15.2 Å². The minimum Gasteiger partial charge on any atom is -0.360 e. The van der Waals surface area contributed by atoms with E-state index in [9.17, 15) is 4.79 Å². The number of para-hydroxylation sites is 1. The fraction of sp³-hybridized carbons (Fsp3) is 0. The molecule has 78 valence electrons. The molecule has 0 fully saturated rings. The quantitative estimate of drug-likeness (QED) is 0.638. The lowest BCUT2D eigenvalue weighted by atomic mass is 10.1. The molecule has 2 aromatic heterocycles. The highest BCUT2D eigenvalue weighted by Crippen LogP contribution is 2.19. The second-order valence-electron chi connectivity index (χ2n) is 3.55. The molecule has 4 heteroatoms. The number of H-pyrrole nitrogens is 2. The molecule has 0 saturated carbocycles. The Morgan fingerprint density at radius 3 is 2.88 bits per heavy atom. The highest BCUT2D eigenvalue weighted by molar-refractivity contribution is 6.15. The Bertz CT molecular complexity index is 637. The molecule has 2 heterocycles. The second-order valence-corrected chi connectivity index (χ2v) is 3.55. The van der Waals surface area contributed by atoms with Gasteiger partial charge in [-0.15, -0.1) is 0 Å². The number of carbonyl (C=O) groups is 1. The molecule has 3 rings (SSSR count). The number of ketones is 1. The van der Waals surface area contributed by atoms with Crippen molar-refractivity contribution >= 4 is 16.7 Å². The summed E-state index contributed by atoms with van der Waals surface area (Å²) in [7, 11) is 0. The van der Waals surface area contributed by atoms with Crippen LogP contribution in [0.5, 0.6) is 0 Å². The summed E-state index contributed by atoms with van der Waals surface area (Å²) in [4.78, 5) is 15.2. The summed E-state index contributed by atoms with van der Waals surface area (Å²) in [5.74, 6) is -0.0463. The van der Waals surface area contributed by atoms with Gasteiger partial charge >= 0.3 is 0 Å². The second kappa shape index (κ2) is 3.34. The molecule has 4 nitrogen and oxygen atoms in total. The fourth-order valence-corrected chi connectivity index (χ4v) is 1.79. The van der Waals surface area contributed by atoms with E-state index in [1.54, 1.807) is 18.5 Å². The number of hydrogen-bond acceptors (Lipinski definition) is 2. The van der Waals surface area contributed by atoms with E-state index in [4.69, 9.17) is 0 Å². The van der Waals surface area contributed by atoms with Crippen molar-refractivity contribution in [2.75, 3.05) is 0 Å². The smallest absolute Gasteiger partial charge is 0.212 e. The van der Waals surface area contributed by atoms with Crippen LogP contribution in [-0.4, -0.2) is 21.0 Å². The summed E-state index contributed by atoms with van der Waals surface area (Å²) >= 11 is 0. The number of aromatic nitrogens is 3. The first-order valence-electron chi connectivity index (χ1n) is 4.96. The number of nitrogens with one attached hydrogen (secondary N) is 2. The zero-order valence-corrected chi connectivity index (χ0v) is 8.40. The third-order valence-electron chi connectivity index (χ3n) is 2.58. The van der Waals surface area contributed by atoms with E-state index in [-0.39, 0.29) is 5.78 Å². The average molecular weight is 211 g/mol. The van der Waals surface area contributed by atoms with Gasteiger partial charge in [0.25, 0.3) is 0 Å². The molecule has 3 aromatic rings. The number of hydrogen-bond donors (Lipinski definition) is 2. The van der Waals surface area contributed by atoms with E-state index in [0.717, 1.165) is 10.9 Å². The molecule has 0 amide bonds. The van der Waals surface area contributed by atoms with Crippen LogP contribution < -0.4 is 0 Å². The highest BCUT2D eigenvalue weighted by atomic mass is 16.1. The van der Waals surface area contributed by atoms with Crippen molar-refractivity contribution in [1.29, 1.82) is 0 Å². The summed E-state index contributed by atoms with van der Waals surface area (Å²) in [5.41, 5.74) is 2.13. The summed E-state index contributed by atoms with van der Waals surface area (Å²) in [6, 6.07) is 9.39. The highest BCUT2D eigenvalue weighted by Gasteiger charge is 2.14. The lowest BCUT2D eigenvalue weighted by molar-refractivity contribution is 0.103. The fourth-order valence-electron chi connectivity index (χ4n) is 1.79. The summed E-state index contributed by atoms with van der Waals surface area (Å²) < 4.78 is 0. The van der Waals surface area contributed by atoms with E-state index < -0.39 is 0 Å². The lowest BCUT2D eigenvalue weighted by Crippen LogP contribution is -2.00. The van der Waals surface area contributed by atoms with Crippen molar-refractivity contribution in [2.45, 2.75) is 0 Å². The van der Waals surface area contributed by atoms with Crippen LogP contribution in [0.2, 0.25) is 0 Å². The average Bonchev–Trinajstić information content (AvgIpc) is 2.98. The molecule has 0 unspecified atom stereocenters. The molecule has 2 N–H and O–H groups in total. The maximum Gasteiger partial charge on any atom is 0.212 e. The van der Waals surface area contributed by atoms with Crippen molar-refractivity contribution < 1.29 is 4.79 Å². The summed E-state index contributed by atoms with van der Waals surface area (Å²) in [6.45, 7) is 0. The molecule has 0 radical (unpaired) electrons. The Morgan fingerprint density at radius 2 is 2.06 bits per heavy atom. The van der Waals surface area contributed by atoms with Crippen LogP contribution in [0, 0.1) is 0 Å². The first kappa shape index (κ1) is 8.91. The van der Waals surface area contributed by atoms with Crippen molar-refractivity contribution in [3.05, 3.63) is 54.0 Å². The van der Waals surface area contributed by atoms with Crippen LogP contribution in [0.1, 0.15) is 16.1 Å². The van der Waals surface area contributed by atoms with E-state index in [2.05, 4.69) is 15.2 Å². The molecule has 0 saturated heterocycles. The van der Waals surface area contributed by atoms with Gasteiger partial charge in [-0.2, -0.15) is 5.10 Å². The van der Waals surface area contributed by atoms with Gasteiger partial charge in [0.1, 0.15) is 5.69 Å². The third-order valence-corrected chi connectivity index (χ3v) is 2.58. The number of nitrogens with zero attached hydrogens (tertiary/aromatic N) is 1. The van der Waals surface area contributed by atoms with Gasteiger partial charge in [0.05, 0.1) is 0 Å². The number of aromatic amines is 2. The van der Waals surface area contributed by atoms with Gasteiger partial charge in [-0.05, 0) is 12.1 Å². The van der Waals surface area contributed by atoms with E-state index in [1.807, 2.05) is 24.3 Å². The van der Waals surface area contributed by atoms with Gasteiger partial charge in [-0.3, -0.25) is 9.89 Å². The van der Waals surface area contributed by atoms with Gasteiger partial charge in [0.15, 0.2) is 0 Å². The van der Waals surface area contributed by atoms with Crippen molar-refractivity contribution in [3.63, 3.8) is 0 Å². The standard InChI is InChI=1S/C12H9N3O/c16-12(11-5-6-14-15-11)9-7-13-10-4-2-1-3-8(9)10/h1-7,13H,(H,14,15). The summed E-state index contributed by atoms with van der Waals surface area (Å²) in [6.07, 6.45) is 3.30. The number of rotatable bonds is 2. The van der Waals surface area contributed by atoms with E-state index >= 15 is 0 Å². The van der Waals surface area contributed by atoms with Crippen LogP contribution in [0.25, 0.3) is 10.9 Å². The minimum atomic E-state index is -0.0463. The molecule has 0 bridgehead atoms. The zero-order valence-electron chi connectivity index (χ0n) is 8.40. The molecule has 16 heavy (non-hydrogen) atoms. The predicted octanol–water partition coefficient (Wildman–Crippen LogP) is 2.12. The monoisotopic (exact) mass is 211 g/mol. The predicted molar refractivity (Wildman–Crippen MR) is 60.3 cm³/mol. The van der Waals surface area contributed by atoms with Crippen LogP contribution in [0.4, 0.5) is 0 Å². The minimum absolute atomic E-state index is 0.0463. The number of fused-ring (bicyclic) bond motifs is 1. The van der Waals surface area contributed by atoms with Gasteiger partial charge in [-0.25, -0.2) is 0 Å². The molecule has 0 atom stereocenters. The van der Waals surface area contributed by atoms with Crippen LogP contribution in [0.15, 0.2) is 42.7 Å². The molecule has 0 aliphatic heterocycles. The number of benzene rings is 1. The van der Waals surface area contributed by atoms with Gasteiger partial charge in [0.2, 0.25) is 5.78 Å². The van der Waals surface area contributed by atoms with E-state index in [0.29, 0.717) is 11.3 Å². The topological polar surface area (TPSA) is 61.5 Å². The van der Waals surface area contributed by atoms with Crippen molar-refractivity contribution in [3.8, 4) is 0 Å². The van der Waals surface area contributed by atoms with Gasteiger partial charge in [0, 0.05) is 28.9 Å². The maximum atomic E-state index is 12.1. The summed E-state index contributed by atoms with van der Waals surface area (Å²) in [5, 5.41) is 7.39. The largest absolute Gasteiger partial charge is 0.360 e. The Morgan fingerprint density at radius 1 is 1.19 bits per heavy atom. The van der Waals surface area contributed by atoms with Gasteiger partial charge in [-0.1, -0.05) is 18.2 Å². The Labute approximate surface area is 91.3 Å². The molecule has 0 spiro atoms. The zero-order chi connectivity index (χ0) is 11.0. The van der Waals surface area contributed by atoms with E-state index in [1.165, 1.54) is 0 Å². The molecular formula is C12H9N3O. The Hall–Kier alpha value is -2.36. The SMILES string of the molecule is O=C(c1ccn[nH]1)c1c[nH]c2ccccc12. The molecule has 0 aliphatic rings. The number of carbonyl (C=O) groups excluding carboxylic acids is 1. The molecule has 0 aliphatic carbocycles. The van der Waals surface area contributed by atoms with Crippen LogP contribution >= 0.6 is 0 Å². The first-order chi connectivity index (χ1) is 7.86. The normalized spacial score (nSPS) is 10.8. The molecule has 1 aromatic carbocycles. The third kappa shape index (κ3) is 1.24. The maximum absolute atomic E-state index is 12.1. The first-order valence-corrected chi connectivity index (χ1v) is 4.96. The molecular weight excluding hydrogens is 202 g/mol. The lowest BCUT2D eigenvalue weighted by Gasteiger charge is -1.95. The van der Waals surface area contributed by atoms with Gasteiger partial charge < -0.3 is 4.98 Å². The van der Waals surface area contributed by atoms with Crippen LogP contribution in [0.3, 0.4) is 0 Å². The van der Waals surface area contributed by atoms with Crippen molar-refractivity contribution in [2.24, 2.45) is 0 Å². The Kier molecular flexibility index (Phi) is 1.86. The van der Waals surface area contributed by atoms with Crippen LogP contribution in [-0.2, 0) is 0 Å².